The van der Waals surface area contributed by atoms with Gasteiger partial charge >= 0.3 is 12.4 Å². The molecule has 2 unspecified atom stereocenters. The van der Waals surface area contributed by atoms with Crippen LogP contribution in [-0.2, 0) is 4.79 Å². The van der Waals surface area contributed by atoms with E-state index in [0.717, 1.165) is 17.0 Å². The maximum Gasteiger partial charge on any atom is 0.573 e. The summed E-state index contributed by atoms with van der Waals surface area (Å²) in [5, 5.41) is 5.36. The summed E-state index contributed by atoms with van der Waals surface area (Å²) in [6, 6.07) is 13.0. The summed E-state index contributed by atoms with van der Waals surface area (Å²) >= 11 is 0. The van der Waals surface area contributed by atoms with Gasteiger partial charge in [0.1, 0.15) is 11.8 Å². The number of benzene rings is 2. The number of aromatic nitrogens is 1. The van der Waals surface area contributed by atoms with Crippen molar-refractivity contribution in [1.82, 2.24) is 10.3 Å². The van der Waals surface area contributed by atoms with Crippen molar-refractivity contribution in [2.24, 2.45) is 0 Å². The SMILES string of the molecule is CC(c1ccncc1C(=O)Nc1ccccc1)C1NC(=O)N(c2ccc(OC(F)(F)F)cc2)C1=O. The van der Waals surface area contributed by atoms with Gasteiger partial charge in [-0.2, -0.15) is 0 Å². The largest absolute Gasteiger partial charge is 0.573 e. The van der Waals surface area contributed by atoms with E-state index in [0.29, 0.717) is 11.3 Å². The third-order valence-electron chi connectivity index (χ3n) is 5.42. The maximum absolute atomic E-state index is 13.1. The van der Waals surface area contributed by atoms with Gasteiger partial charge in [-0.25, -0.2) is 9.69 Å². The number of ether oxygens (including phenoxy) is 1. The second kappa shape index (κ2) is 9.45. The molecule has 3 aromatic rings. The molecule has 2 atom stereocenters. The Morgan fingerprint density at radius 1 is 1.09 bits per heavy atom. The fraction of sp³-hybridized carbons (Fsp3) is 0.167. The second-order valence-electron chi connectivity index (χ2n) is 7.71. The van der Waals surface area contributed by atoms with Gasteiger partial charge in [-0.3, -0.25) is 14.6 Å². The fourth-order valence-corrected chi connectivity index (χ4v) is 3.77. The molecule has 4 rings (SSSR count). The van der Waals surface area contributed by atoms with Gasteiger partial charge in [0, 0.05) is 24.0 Å². The topological polar surface area (TPSA) is 101 Å². The lowest BCUT2D eigenvalue weighted by atomic mass is 9.90. The van der Waals surface area contributed by atoms with Crippen LogP contribution in [0.15, 0.2) is 73.1 Å². The van der Waals surface area contributed by atoms with Crippen LogP contribution in [0.1, 0.15) is 28.8 Å². The standard InChI is InChI=1S/C24H19F3N4O4/c1-14(18-11-12-28-13-19(18)21(32)29-15-5-3-2-4-6-15)20-22(33)31(23(34)30-20)16-7-9-17(10-8-16)35-24(25,26)27/h2-14,20H,1H3,(H,29,32)(H,30,34). The summed E-state index contributed by atoms with van der Waals surface area (Å²) in [7, 11) is 0. The van der Waals surface area contributed by atoms with E-state index >= 15 is 0 Å². The molecule has 0 saturated carbocycles. The van der Waals surface area contributed by atoms with Crippen LogP contribution in [0, 0.1) is 0 Å². The molecule has 1 aliphatic heterocycles. The first kappa shape index (κ1) is 23.7. The van der Waals surface area contributed by atoms with Gasteiger partial charge in [0.25, 0.3) is 11.8 Å². The lowest BCUT2D eigenvalue weighted by Crippen LogP contribution is -2.35. The van der Waals surface area contributed by atoms with E-state index in [1.165, 1.54) is 24.5 Å². The zero-order valence-corrected chi connectivity index (χ0v) is 18.2. The van der Waals surface area contributed by atoms with E-state index < -0.39 is 41.9 Å². The van der Waals surface area contributed by atoms with Crippen LogP contribution in [-0.4, -0.2) is 35.2 Å². The number of rotatable bonds is 6. The van der Waals surface area contributed by atoms with Crippen molar-refractivity contribution in [3.8, 4) is 5.75 Å². The minimum atomic E-state index is -4.86. The fourth-order valence-electron chi connectivity index (χ4n) is 3.77. The molecule has 1 fully saturated rings. The molecule has 0 aliphatic carbocycles. The number of pyridine rings is 1. The Morgan fingerprint density at radius 2 is 1.77 bits per heavy atom. The molecule has 4 amide bonds. The van der Waals surface area contributed by atoms with E-state index in [-0.39, 0.29) is 11.3 Å². The zero-order valence-electron chi connectivity index (χ0n) is 18.2. The summed E-state index contributed by atoms with van der Waals surface area (Å²) in [6.45, 7) is 1.68. The van der Waals surface area contributed by atoms with E-state index in [1.807, 2.05) is 6.07 Å². The minimum absolute atomic E-state index is 0.0773. The van der Waals surface area contributed by atoms with Crippen molar-refractivity contribution >= 4 is 29.2 Å². The molecular formula is C24H19F3N4O4. The normalized spacial score (nSPS) is 16.6. The van der Waals surface area contributed by atoms with Crippen LogP contribution >= 0.6 is 0 Å². The highest BCUT2D eigenvalue weighted by atomic mass is 19.4. The van der Waals surface area contributed by atoms with Crippen molar-refractivity contribution in [2.45, 2.75) is 25.2 Å². The molecule has 8 nitrogen and oxygen atoms in total. The predicted molar refractivity (Wildman–Crippen MR) is 120 cm³/mol. The molecule has 180 valence electrons. The summed E-state index contributed by atoms with van der Waals surface area (Å²) < 4.78 is 41.0. The molecule has 2 aromatic carbocycles. The minimum Gasteiger partial charge on any atom is -0.406 e. The van der Waals surface area contributed by atoms with Crippen LogP contribution in [0.5, 0.6) is 5.75 Å². The maximum atomic E-state index is 13.1. The number of hydrogen-bond donors (Lipinski definition) is 2. The van der Waals surface area contributed by atoms with E-state index in [4.69, 9.17) is 0 Å². The Labute approximate surface area is 197 Å². The first-order valence-corrected chi connectivity index (χ1v) is 10.4. The van der Waals surface area contributed by atoms with Gasteiger partial charge in [-0.15, -0.1) is 13.2 Å². The first-order valence-electron chi connectivity index (χ1n) is 10.4. The molecule has 0 bridgehead atoms. The number of halogens is 3. The molecule has 1 aromatic heterocycles. The predicted octanol–water partition coefficient (Wildman–Crippen LogP) is 4.46. The average Bonchev–Trinajstić information content (AvgIpc) is 3.12. The van der Waals surface area contributed by atoms with E-state index in [9.17, 15) is 27.6 Å². The molecule has 35 heavy (non-hydrogen) atoms. The number of carbonyl (C=O) groups is 3. The third kappa shape index (κ3) is 5.24. The number of nitrogens with zero attached hydrogens (tertiary/aromatic N) is 2. The summed E-state index contributed by atoms with van der Waals surface area (Å²) in [6.07, 6.45) is -2.01. The monoisotopic (exact) mass is 484 g/mol. The molecule has 0 spiro atoms. The summed E-state index contributed by atoms with van der Waals surface area (Å²) in [4.78, 5) is 43.5. The van der Waals surface area contributed by atoms with E-state index in [1.54, 1.807) is 37.3 Å². The quantitative estimate of drug-likeness (QED) is 0.503. The third-order valence-corrected chi connectivity index (χ3v) is 5.42. The first-order chi connectivity index (χ1) is 16.6. The number of alkyl halides is 3. The van der Waals surface area contributed by atoms with Crippen LogP contribution in [0.25, 0.3) is 0 Å². The van der Waals surface area contributed by atoms with Crippen molar-refractivity contribution in [2.75, 3.05) is 10.2 Å². The molecule has 2 N–H and O–H groups in total. The second-order valence-corrected chi connectivity index (χ2v) is 7.71. The van der Waals surface area contributed by atoms with E-state index in [2.05, 4.69) is 20.4 Å². The highest BCUT2D eigenvalue weighted by Crippen LogP contribution is 2.31. The molecule has 1 aliphatic rings. The Morgan fingerprint density at radius 3 is 2.43 bits per heavy atom. The Balaban J connectivity index is 1.54. The van der Waals surface area contributed by atoms with Crippen molar-refractivity contribution in [3.63, 3.8) is 0 Å². The van der Waals surface area contributed by atoms with Crippen LogP contribution in [0.3, 0.4) is 0 Å². The molecule has 1 saturated heterocycles. The van der Waals surface area contributed by atoms with Crippen molar-refractivity contribution in [3.05, 3.63) is 84.2 Å². The number of para-hydroxylation sites is 1. The highest BCUT2D eigenvalue weighted by molar-refractivity contribution is 6.21. The average molecular weight is 484 g/mol. The van der Waals surface area contributed by atoms with Crippen molar-refractivity contribution in [1.29, 1.82) is 0 Å². The van der Waals surface area contributed by atoms with Gasteiger partial charge in [-0.1, -0.05) is 25.1 Å². The summed E-state index contributed by atoms with van der Waals surface area (Å²) in [5.41, 5.74) is 1.38. The lowest BCUT2D eigenvalue weighted by molar-refractivity contribution is -0.274. The molecule has 2 heterocycles. The lowest BCUT2D eigenvalue weighted by Gasteiger charge is -2.20. The number of anilines is 2. The zero-order chi connectivity index (χ0) is 25.2. The number of urea groups is 1. The summed E-state index contributed by atoms with van der Waals surface area (Å²) in [5.74, 6) is -2.15. The Kier molecular flexibility index (Phi) is 6.41. The Bertz CT molecular complexity index is 1250. The molecular weight excluding hydrogens is 465 g/mol. The van der Waals surface area contributed by atoms with Crippen LogP contribution in [0.2, 0.25) is 0 Å². The van der Waals surface area contributed by atoms with Crippen molar-refractivity contribution < 1.29 is 32.3 Å². The molecule has 0 radical (unpaired) electrons. The van der Waals surface area contributed by atoms with Gasteiger partial charge in [0.2, 0.25) is 0 Å². The molecule has 11 heteroatoms. The number of carbonyl (C=O) groups excluding carboxylic acids is 3. The van der Waals surface area contributed by atoms with Gasteiger partial charge in [0.05, 0.1) is 11.3 Å². The highest BCUT2D eigenvalue weighted by Gasteiger charge is 2.43. The van der Waals surface area contributed by atoms with Gasteiger partial charge < -0.3 is 15.4 Å². The van der Waals surface area contributed by atoms with Crippen LogP contribution in [0.4, 0.5) is 29.3 Å². The number of amides is 4. The number of nitrogens with one attached hydrogen (secondary N) is 2. The number of hydrogen-bond acceptors (Lipinski definition) is 5. The van der Waals surface area contributed by atoms with Crippen LogP contribution < -0.4 is 20.3 Å². The smallest absolute Gasteiger partial charge is 0.406 e. The van der Waals surface area contributed by atoms with Gasteiger partial charge in [-0.05, 0) is 48.0 Å². The Hall–Kier alpha value is -4.41. The van der Waals surface area contributed by atoms with Gasteiger partial charge in [0.15, 0.2) is 0 Å². The number of imide groups is 1.